The van der Waals surface area contributed by atoms with E-state index >= 15 is 0 Å². The molecule has 0 aromatic rings. The summed E-state index contributed by atoms with van der Waals surface area (Å²) in [7, 11) is 0. The van der Waals surface area contributed by atoms with Gasteiger partial charge >= 0.3 is 6.03 Å². The molecule has 0 saturated carbocycles. The van der Waals surface area contributed by atoms with Gasteiger partial charge in [-0.1, -0.05) is 13.8 Å². The Balaban J connectivity index is 2.43. The van der Waals surface area contributed by atoms with Crippen LogP contribution < -0.4 is 10.6 Å². The zero-order valence-corrected chi connectivity index (χ0v) is 12.7. The Labute approximate surface area is 116 Å². The van der Waals surface area contributed by atoms with Crippen LogP contribution in [-0.2, 0) is 0 Å². The summed E-state index contributed by atoms with van der Waals surface area (Å²) in [5, 5.41) is 14.1. The average molecular weight is 271 g/mol. The highest BCUT2D eigenvalue weighted by Gasteiger charge is 2.32. The van der Waals surface area contributed by atoms with E-state index in [1.807, 2.05) is 0 Å². The molecule has 5 nitrogen and oxygen atoms in total. The number of carbonyl (C=O) groups excluding carboxylic acids is 1. The maximum atomic E-state index is 11.5. The molecule has 1 rings (SSSR count). The second-order valence-electron chi connectivity index (χ2n) is 6.50. The summed E-state index contributed by atoms with van der Waals surface area (Å²) in [4.78, 5) is 14.0. The third kappa shape index (κ3) is 5.37. The summed E-state index contributed by atoms with van der Waals surface area (Å²) in [5.74, 6) is 1.43. The molecular weight excluding hydrogens is 242 g/mol. The van der Waals surface area contributed by atoms with E-state index in [0.717, 1.165) is 13.1 Å². The third-order valence-corrected chi connectivity index (χ3v) is 3.80. The number of urea groups is 1. The minimum absolute atomic E-state index is 0.0298. The number of likely N-dealkylation sites (tertiary alicyclic amines) is 1. The third-order valence-electron chi connectivity index (χ3n) is 3.80. The largest absolute Gasteiger partial charge is 0.395 e. The van der Waals surface area contributed by atoms with Gasteiger partial charge in [0.15, 0.2) is 0 Å². The van der Waals surface area contributed by atoms with Gasteiger partial charge in [-0.05, 0) is 32.1 Å². The van der Waals surface area contributed by atoms with Gasteiger partial charge in [0.05, 0.1) is 6.61 Å². The van der Waals surface area contributed by atoms with Gasteiger partial charge in [-0.3, -0.25) is 4.90 Å². The molecule has 0 aromatic heterocycles. The van der Waals surface area contributed by atoms with E-state index in [0.29, 0.717) is 24.9 Å². The minimum Gasteiger partial charge on any atom is -0.395 e. The molecule has 2 unspecified atom stereocenters. The molecule has 0 aliphatic carbocycles. The molecule has 0 bridgehead atoms. The van der Waals surface area contributed by atoms with Crippen LogP contribution in [0, 0.1) is 11.8 Å². The molecule has 1 aliphatic rings. The average Bonchev–Trinajstić information content (AvgIpc) is 2.32. The Bertz CT molecular complexity index is 284. The number of nitrogens with zero attached hydrogens (tertiary/aromatic N) is 1. The number of amides is 2. The van der Waals surface area contributed by atoms with Crippen molar-refractivity contribution in [2.75, 3.05) is 32.8 Å². The molecule has 3 N–H and O–H groups in total. The highest BCUT2D eigenvalue weighted by Crippen LogP contribution is 2.26. The molecule has 0 spiro atoms. The highest BCUT2D eigenvalue weighted by molar-refractivity contribution is 5.73. The second kappa shape index (κ2) is 7.10. The van der Waals surface area contributed by atoms with Crippen molar-refractivity contribution >= 4 is 6.03 Å². The van der Waals surface area contributed by atoms with Gasteiger partial charge in [-0.2, -0.15) is 0 Å². The van der Waals surface area contributed by atoms with Crippen LogP contribution >= 0.6 is 0 Å². The van der Waals surface area contributed by atoms with Crippen LogP contribution in [0.2, 0.25) is 0 Å². The molecule has 19 heavy (non-hydrogen) atoms. The lowest BCUT2D eigenvalue weighted by atomic mass is 9.88. The summed E-state index contributed by atoms with van der Waals surface area (Å²) in [6, 6.07) is -0.208. The summed E-state index contributed by atoms with van der Waals surface area (Å²) in [6.07, 6.45) is 1.29. The van der Waals surface area contributed by atoms with E-state index in [1.165, 1.54) is 6.42 Å². The van der Waals surface area contributed by atoms with Crippen LogP contribution in [-0.4, -0.2) is 54.4 Å². The number of rotatable bonds is 5. The van der Waals surface area contributed by atoms with Gasteiger partial charge in [0.25, 0.3) is 0 Å². The van der Waals surface area contributed by atoms with E-state index < -0.39 is 0 Å². The number of hydrogen-bond donors (Lipinski definition) is 3. The molecule has 0 radical (unpaired) electrons. The lowest BCUT2D eigenvalue weighted by Gasteiger charge is -2.45. The quantitative estimate of drug-likeness (QED) is 0.700. The van der Waals surface area contributed by atoms with E-state index in [9.17, 15) is 4.79 Å². The molecule has 5 heteroatoms. The molecule has 112 valence electrons. The lowest BCUT2D eigenvalue weighted by molar-refractivity contribution is 0.0472. The smallest absolute Gasteiger partial charge is 0.314 e. The van der Waals surface area contributed by atoms with Gasteiger partial charge in [0, 0.05) is 31.7 Å². The zero-order valence-electron chi connectivity index (χ0n) is 12.7. The number of hydrogen-bond acceptors (Lipinski definition) is 3. The lowest BCUT2D eigenvalue weighted by Crippen LogP contribution is -2.57. The Morgan fingerprint density at radius 2 is 1.84 bits per heavy atom. The molecule has 2 atom stereocenters. The van der Waals surface area contributed by atoms with Crippen LogP contribution in [0.4, 0.5) is 4.79 Å². The first-order valence-electron chi connectivity index (χ1n) is 7.22. The van der Waals surface area contributed by atoms with Crippen molar-refractivity contribution in [3.8, 4) is 0 Å². The van der Waals surface area contributed by atoms with Gasteiger partial charge in [0.1, 0.15) is 0 Å². The van der Waals surface area contributed by atoms with Crippen molar-refractivity contribution in [3.63, 3.8) is 0 Å². The number of aliphatic hydroxyl groups excluding tert-OH is 1. The first kappa shape index (κ1) is 16.2. The highest BCUT2D eigenvalue weighted by atomic mass is 16.3. The van der Waals surface area contributed by atoms with E-state index in [-0.39, 0.29) is 18.2 Å². The monoisotopic (exact) mass is 271 g/mol. The molecule has 1 aliphatic heterocycles. The molecule has 1 fully saturated rings. The predicted octanol–water partition coefficient (Wildman–Crippen LogP) is 1.03. The summed E-state index contributed by atoms with van der Waals surface area (Å²) in [5.41, 5.74) is -0.0422. The van der Waals surface area contributed by atoms with Crippen molar-refractivity contribution in [2.45, 2.75) is 39.7 Å². The Hall–Kier alpha value is -0.810. The molecule has 1 saturated heterocycles. The van der Waals surface area contributed by atoms with Crippen LogP contribution in [0.15, 0.2) is 0 Å². The van der Waals surface area contributed by atoms with Gasteiger partial charge in [-0.25, -0.2) is 4.79 Å². The van der Waals surface area contributed by atoms with Crippen LogP contribution in [0.25, 0.3) is 0 Å². The predicted molar refractivity (Wildman–Crippen MR) is 77.1 cm³/mol. The van der Waals surface area contributed by atoms with Crippen molar-refractivity contribution in [1.82, 2.24) is 15.5 Å². The van der Waals surface area contributed by atoms with Crippen LogP contribution in [0.5, 0.6) is 0 Å². The van der Waals surface area contributed by atoms with E-state index in [4.69, 9.17) is 5.11 Å². The number of nitrogens with one attached hydrogen (secondary N) is 2. The fourth-order valence-corrected chi connectivity index (χ4v) is 2.80. The molecular formula is C14H29N3O2. The zero-order chi connectivity index (χ0) is 14.5. The molecule has 0 aromatic carbocycles. The Morgan fingerprint density at radius 1 is 1.26 bits per heavy atom. The van der Waals surface area contributed by atoms with Crippen molar-refractivity contribution in [2.24, 2.45) is 11.8 Å². The topological polar surface area (TPSA) is 64.6 Å². The molecule has 2 amide bonds. The van der Waals surface area contributed by atoms with E-state index in [1.54, 1.807) is 0 Å². The van der Waals surface area contributed by atoms with Crippen LogP contribution in [0.3, 0.4) is 0 Å². The van der Waals surface area contributed by atoms with Gasteiger partial charge in [0.2, 0.25) is 0 Å². The maximum Gasteiger partial charge on any atom is 0.314 e. The minimum atomic E-state index is -0.208. The Morgan fingerprint density at radius 3 is 2.37 bits per heavy atom. The van der Waals surface area contributed by atoms with Crippen molar-refractivity contribution < 1.29 is 9.90 Å². The maximum absolute atomic E-state index is 11.5. The van der Waals surface area contributed by atoms with Crippen molar-refractivity contribution in [3.05, 3.63) is 0 Å². The number of carbonyl (C=O) groups is 1. The fraction of sp³-hybridized carbons (Fsp3) is 0.929. The standard InChI is InChI=1S/C14H29N3O2/c1-11-7-12(2)9-17(8-11)14(3,4)10-16-13(19)15-5-6-18/h11-12,18H,5-10H2,1-4H3,(H2,15,16,19). The number of piperidine rings is 1. The van der Waals surface area contributed by atoms with Crippen LogP contribution in [0.1, 0.15) is 34.1 Å². The van der Waals surface area contributed by atoms with Crippen molar-refractivity contribution in [1.29, 1.82) is 0 Å². The summed E-state index contributed by atoms with van der Waals surface area (Å²) < 4.78 is 0. The second-order valence-corrected chi connectivity index (χ2v) is 6.50. The SMILES string of the molecule is CC1CC(C)CN(C(C)(C)CNC(=O)NCCO)C1. The normalized spacial score (nSPS) is 25.1. The summed E-state index contributed by atoms with van der Waals surface area (Å²) >= 11 is 0. The Kier molecular flexibility index (Phi) is 6.07. The van der Waals surface area contributed by atoms with Gasteiger partial charge in [-0.15, -0.1) is 0 Å². The van der Waals surface area contributed by atoms with E-state index in [2.05, 4.69) is 43.2 Å². The fourth-order valence-electron chi connectivity index (χ4n) is 2.80. The first-order chi connectivity index (χ1) is 8.85. The van der Waals surface area contributed by atoms with Gasteiger partial charge < -0.3 is 15.7 Å². The summed E-state index contributed by atoms with van der Waals surface area (Å²) in [6.45, 7) is 12.0. The molecule has 1 heterocycles. The number of aliphatic hydroxyl groups is 1. The first-order valence-corrected chi connectivity index (χ1v) is 7.22.